The highest BCUT2D eigenvalue weighted by Crippen LogP contribution is 2.31. The molecule has 0 unspecified atom stereocenters. The Morgan fingerprint density at radius 3 is 2.72 bits per heavy atom. The van der Waals surface area contributed by atoms with Crippen LogP contribution in [-0.2, 0) is 4.79 Å². The average Bonchev–Trinajstić information content (AvgIpc) is 2.69. The molecule has 0 atom stereocenters. The molecule has 1 aromatic rings. The number of nitrogens with one attached hydrogen (secondary N) is 1. The molecule has 1 amide bonds. The monoisotopic (exact) mass is 314 g/mol. The zero-order valence-corrected chi connectivity index (χ0v) is 11.6. The number of hydrogen-bond acceptors (Lipinski definition) is 2. The quantitative estimate of drug-likeness (QED) is 0.900. The summed E-state index contributed by atoms with van der Waals surface area (Å²) in [5.41, 5.74) is 6.35. The first-order valence-corrected chi connectivity index (χ1v) is 6.82. The maximum absolute atomic E-state index is 12.9. The number of anilines is 1. The molecule has 1 saturated carbocycles. The Morgan fingerprint density at radius 2 is 2.11 bits per heavy atom. The molecule has 2 rings (SSSR count). The second-order valence-corrected chi connectivity index (χ2v) is 5.77. The fraction of sp³-hybridized carbons (Fsp3) is 0.462. The molecule has 18 heavy (non-hydrogen) atoms. The second kappa shape index (κ2) is 5.36. The van der Waals surface area contributed by atoms with Gasteiger partial charge in [-0.1, -0.05) is 12.8 Å². The van der Waals surface area contributed by atoms with Gasteiger partial charge < -0.3 is 11.1 Å². The number of hydrogen-bond donors (Lipinski definition) is 2. The molecule has 1 fully saturated rings. The van der Waals surface area contributed by atoms with E-state index in [1.54, 1.807) is 0 Å². The number of carbonyl (C=O) groups is 1. The van der Waals surface area contributed by atoms with Crippen LogP contribution in [0.15, 0.2) is 22.7 Å². The summed E-state index contributed by atoms with van der Waals surface area (Å²) < 4.78 is 13.4. The molecule has 98 valence electrons. The lowest BCUT2D eigenvalue weighted by Crippen LogP contribution is -2.40. The van der Waals surface area contributed by atoms with Crippen LogP contribution < -0.4 is 11.1 Å². The average molecular weight is 315 g/mol. The standard InChI is InChI=1S/C13H16BrFN2O/c14-10-7-9(15)3-4-11(10)17-12(18)8-13(16)5-1-2-6-13/h3-4,7H,1-2,5-6,8,16H2,(H,17,18). The maximum atomic E-state index is 12.9. The number of nitrogens with two attached hydrogens (primary N) is 1. The van der Waals surface area contributed by atoms with Crippen molar-refractivity contribution in [1.29, 1.82) is 0 Å². The van der Waals surface area contributed by atoms with E-state index in [2.05, 4.69) is 21.2 Å². The Balaban J connectivity index is 1.98. The molecule has 0 saturated heterocycles. The summed E-state index contributed by atoms with van der Waals surface area (Å²) in [6.45, 7) is 0. The van der Waals surface area contributed by atoms with E-state index in [0.717, 1.165) is 25.7 Å². The molecule has 0 spiro atoms. The van der Waals surface area contributed by atoms with Crippen LogP contribution in [0.4, 0.5) is 10.1 Å². The summed E-state index contributed by atoms with van der Waals surface area (Å²) in [7, 11) is 0. The highest BCUT2D eigenvalue weighted by molar-refractivity contribution is 9.10. The van der Waals surface area contributed by atoms with Gasteiger partial charge in [0, 0.05) is 16.4 Å². The predicted molar refractivity (Wildman–Crippen MR) is 72.7 cm³/mol. The smallest absolute Gasteiger partial charge is 0.226 e. The first-order valence-electron chi connectivity index (χ1n) is 6.02. The van der Waals surface area contributed by atoms with Gasteiger partial charge in [0.15, 0.2) is 0 Å². The molecule has 3 nitrogen and oxygen atoms in total. The van der Waals surface area contributed by atoms with Gasteiger partial charge >= 0.3 is 0 Å². The fourth-order valence-corrected chi connectivity index (χ4v) is 2.81. The Labute approximate surface area is 114 Å². The molecule has 0 radical (unpaired) electrons. The Bertz CT molecular complexity index is 458. The first kappa shape index (κ1) is 13.5. The van der Waals surface area contributed by atoms with Crippen LogP contribution in [0.5, 0.6) is 0 Å². The Kier molecular flexibility index (Phi) is 4.02. The highest BCUT2D eigenvalue weighted by Gasteiger charge is 2.31. The van der Waals surface area contributed by atoms with E-state index in [9.17, 15) is 9.18 Å². The van der Waals surface area contributed by atoms with Crippen molar-refractivity contribution < 1.29 is 9.18 Å². The van der Waals surface area contributed by atoms with Gasteiger partial charge in [-0.2, -0.15) is 0 Å². The third-order valence-electron chi connectivity index (χ3n) is 3.32. The SMILES string of the molecule is NC1(CC(=O)Nc2ccc(F)cc2Br)CCCC1. The molecular weight excluding hydrogens is 299 g/mol. The van der Waals surface area contributed by atoms with Crippen molar-refractivity contribution in [2.75, 3.05) is 5.32 Å². The molecule has 0 aromatic heterocycles. The van der Waals surface area contributed by atoms with Crippen LogP contribution >= 0.6 is 15.9 Å². The summed E-state index contributed by atoms with van der Waals surface area (Å²) in [6.07, 6.45) is 4.28. The van der Waals surface area contributed by atoms with E-state index < -0.39 is 0 Å². The Hall–Kier alpha value is -0.940. The van der Waals surface area contributed by atoms with Crippen molar-refractivity contribution in [3.05, 3.63) is 28.5 Å². The molecule has 1 aliphatic carbocycles. The van der Waals surface area contributed by atoms with Crippen molar-refractivity contribution >= 4 is 27.5 Å². The van der Waals surface area contributed by atoms with E-state index in [4.69, 9.17) is 5.73 Å². The van der Waals surface area contributed by atoms with Gasteiger partial charge in [0.05, 0.1) is 5.69 Å². The largest absolute Gasteiger partial charge is 0.325 e. The summed E-state index contributed by atoms with van der Waals surface area (Å²) >= 11 is 3.22. The molecule has 1 aliphatic rings. The van der Waals surface area contributed by atoms with E-state index in [1.165, 1.54) is 18.2 Å². The minimum absolute atomic E-state index is 0.119. The van der Waals surface area contributed by atoms with Gasteiger partial charge in [-0.05, 0) is 47.0 Å². The van der Waals surface area contributed by atoms with Gasteiger partial charge in [-0.25, -0.2) is 4.39 Å². The number of benzene rings is 1. The van der Waals surface area contributed by atoms with Crippen molar-refractivity contribution in [3.8, 4) is 0 Å². The van der Waals surface area contributed by atoms with Crippen LogP contribution in [0.1, 0.15) is 32.1 Å². The van der Waals surface area contributed by atoms with Gasteiger partial charge in [0.2, 0.25) is 5.91 Å². The van der Waals surface area contributed by atoms with Crippen LogP contribution in [0, 0.1) is 5.82 Å². The fourth-order valence-electron chi connectivity index (χ4n) is 2.36. The third-order valence-corrected chi connectivity index (χ3v) is 3.97. The summed E-state index contributed by atoms with van der Waals surface area (Å²) in [5.74, 6) is -0.460. The van der Waals surface area contributed by atoms with Crippen LogP contribution in [0.3, 0.4) is 0 Å². The van der Waals surface area contributed by atoms with Crippen molar-refractivity contribution in [1.82, 2.24) is 0 Å². The van der Waals surface area contributed by atoms with Crippen LogP contribution in [0.2, 0.25) is 0 Å². The summed E-state index contributed by atoms with van der Waals surface area (Å²) in [4.78, 5) is 11.9. The normalized spacial score (nSPS) is 17.7. The summed E-state index contributed by atoms with van der Waals surface area (Å²) in [6, 6.07) is 4.17. The molecule has 0 heterocycles. The van der Waals surface area contributed by atoms with E-state index in [-0.39, 0.29) is 17.3 Å². The zero-order chi connectivity index (χ0) is 13.2. The van der Waals surface area contributed by atoms with E-state index in [1.807, 2.05) is 0 Å². The van der Waals surface area contributed by atoms with E-state index in [0.29, 0.717) is 16.6 Å². The number of amides is 1. The Morgan fingerprint density at radius 1 is 1.44 bits per heavy atom. The topological polar surface area (TPSA) is 55.1 Å². The predicted octanol–water partition coefficient (Wildman–Crippen LogP) is 3.19. The maximum Gasteiger partial charge on any atom is 0.226 e. The molecule has 1 aromatic carbocycles. The van der Waals surface area contributed by atoms with Crippen molar-refractivity contribution in [2.24, 2.45) is 5.73 Å². The van der Waals surface area contributed by atoms with Crippen LogP contribution in [-0.4, -0.2) is 11.4 Å². The van der Waals surface area contributed by atoms with Crippen molar-refractivity contribution in [3.63, 3.8) is 0 Å². The molecule has 0 bridgehead atoms. The van der Waals surface area contributed by atoms with Crippen LogP contribution in [0.25, 0.3) is 0 Å². The number of halogens is 2. The lowest BCUT2D eigenvalue weighted by molar-refractivity contribution is -0.117. The van der Waals surface area contributed by atoms with E-state index >= 15 is 0 Å². The molecule has 5 heteroatoms. The van der Waals surface area contributed by atoms with Gasteiger partial charge in [-0.3, -0.25) is 4.79 Å². The van der Waals surface area contributed by atoms with Gasteiger partial charge in [0.1, 0.15) is 5.82 Å². The second-order valence-electron chi connectivity index (χ2n) is 4.92. The number of rotatable bonds is 3. The molecule has 3 N–H and O–H groups in total. The zero-order valence-electron chi connectivity index (χ0n) is 10.0. The molecule has 0 aliphatic heterocycles. The summed E-state index contributed by atoms with van der Waals surface area (Å²) in [5, 5.41) is 2.76. The lowest BCUT2D eigenvalue weighted by Gasteiger charge is -2.22. The minimum atomic E-state index is -0.364. The molecular formula is C13H16BrFN2O. The third kappa shape index (κ3) is 3.29. The van der Waals surface area contributed by atoms with Gasteiger partial charge in [0.25, 0.3) is 0 Å². The van der Waals surface area contributed by atoms with Gasteiger partial charge in [-0.15, -0.1) is 0 Å². The van der Waals surface area contributed by atoms with Crippen molar-refractivity contribution in [2.45, 2.75) is 37.6 Å². The highest BCUT2D eigenvalue weighted by atomic mass is 79.9. The minimum Gasteiger partial charge on any atom is -0.325 e. The lowest BCUT2D eigenvalue weighted by atomic mass is 9.94. The number of carbonyl (C=O) groups excluding carboxylic acids is 1. The first-order chi connectivity index (χ1) is 8.48.